The predicted molar refractivity (Wildman–Crippen MR) is 61.6 cm³/mol. The molecule has 1 fully saturated rings. The molecule has 0 aliphatic carbocycles. The first-order valence-corrected chi connectivity index (χ1v) is 6.96. The Balaban J connectivity index is 2.26. The lowest BCUT2D eigenvalue weighted by atomic mass is 10.5. The lowest BCUT2D eigenvalue weighted by Crippen LogP contribution is -2.42. The highest BCUT2D eigenvalue weighted by Gasteiger charge is 2.22. The molecule has 1 unspecified atom stereocenters. The molecule has 0 saturated carbocycles. The largest absolute Gasteiger partial charge is 0.331 e. The molecule has 1 saturated heterocycles. The van der Waals surface area contributed by atoms with Crippen molar-refractivity contribution < 1.29 is 4.52 Å². The SMILES string of the molecule is ClCCNN1CCCOP1NCCCl. The van der Waals surface area contributed by atoms with E-state index in [0.717, 1.165) is 32.7 Å². The Kier molecular flexibility index (Phi) is 7.43. The van der Waals surface area contributed by atoms with Gasteiger partial charge in [-0.1, -0.05) is 0 Å². The van der Waals surface area contributed by atoms with E-state index in [-0.39, 0.29) is 0 Å². The standard InChI is InChI=1S/C7H16Cl2N3OP/c8-2-4-10-12-6-1-7-13-14(12)11-5-3-9/h10-11H,1-7H2. The van der Waals surface area contributed by atoms with Gasteiger partial charge in [-0.3, -0.25) is 5.09 Å². The van der Waals surface area contributed by atoms with Gasteiger partial charge in [-0.25, -0.2) is 5.43 Å². The number of hydrazine groups is 1. The molecule has 0 radical (unpaired) electrons. The third kappa shape index (κ3) is 4.58. The Morgan fingerprint density at radius 2 is 2.07 bits per heavy atom. The fraction of sp³-hybridized carbons (Fsp3) is 1.00. The zero-order chi connectivity index (χ0) is 10.2. The Morgan fingerprint density at radius 3 is 2.79 bits per heavy atom. The quantitative estimate of drug-likeness (QED) is 0.560. The minimum atomic E-state index is -0.724. The summed E-state index contributed by atoms with van der Waals surface area (Å²) < 4.78 is 7.70. The minimum Gasteiger partial charge on any atom is -0.331 e. The van der Waals surface area contributed by atoms with Crippen LogP contribution in [0, 0.1) is 0 Å². The van der Waals surface area contributed by atoms with Crippen LogP contribution in [0.25, 0.3) is 0 Å². The molecule has 1 heterocycles. The van der Waals surface area contributed by atoms with E-state index >= 15 is 0 Å². The van der Waals surface area contributed by atoms with Gasteiger partial charge in [0.2, 0.25) is 0 Å². The van der Waals surface area contributed by atoms with Crippen LogP contribution in [0.5, 0.6) is 0 Å². The van der Waals surface area contributed by atoms with E-state index in [1.54, 1.807) is 0 Å². The highest BCUT2D eigenvalue weighted by molar-refractivity contribution is 7.47. The second-order valence-electron chi connectivity index (χ2n) is 2.78. The van der Waals surface area contributed by atoms with Gasteiger partial charge >= 0.3 is 0 Å². The van der Waals surface area contributed by atoms with E-state index in [1.165, 1.54) is 0 Å². The van der Waals surface area contributed by atoms with Crippen molar-refractivity contribution in [2.24, 2.45) is 0 Å². The highest BCUT2D eigenvalue weighted by atomic mass is 35.5. The molecule has 1 aliphatic heterocycles. The van der Waals surface area contributed by atoms with Gasteiger partial charge in [-0.15, -0.1) is 23.2 Å². The molecule has 7 heteroatoms. The molecule has 84 valence electrons. The maximum atomic E-state index is 5.61. The van der Waals surface area contributed by atoms with Crippen molar-refractivity contribution in [3.05, 3.63) is 0 Å². The lowest BCUT2D eigenvalue weighted by molar-refractivity contribution is 0.202. The normalized spacial score (nSPS) is 24.0. The van der Waals surface area contributed by atoms with Gasteiger partial charge < -0.3 is 4.52 Å². The van der Waals surface area contributed by atoms with Gasteiger partial charge in [0.05, 0.1) is 6.61 Å². The van der Waals surface area contributed by atoms with E-state index in [0.29, 0.717) is 11.8 Å². The first kappa shape index (κ1) is 12.9. The van der Waals surface area contributed by atoms with Crippen LogP contribution in [0.15, 0.2) is 0 Å². The summed E-state index contributed by atoms with van der Waals surface area (Å²) in [5.41, 5.74) is 3.23. The summed E-state index contributed by atoms with van der Waals surface area (Å²) in [6.45, 7) is 3.36. The van der Waals surface area contributed by atoms with Crippen molar-refractivity contribution in [1.29, 1.82) is 0 Å². The average molecular weight is 260 g/mol. The van der Waals surface area contributed by atoms with Gasteiger partial charge in [-0.05, 0) is 6.42 Å². The summed E-state index contributed by atoms with van der Waals surface area (Å²) in [6.07, 6.45) is 1.05. The highest BCUT2D eigenvalue weighted by Crippen LogP contribution is 2.38. The van der Waals surface area contributed by atoms with Gasteiger partial charge in [0, 0.05) is 31.4 Å². The number of alkyl halides is 2. The molecule has 0 aromatic rings. The average Bonchev–Trinajstić information content (AvgIpc) is 2.24. The number of halogens is 2. The number of nitrogens with zero attached hydrogens (tertiary/aromatic N) is 1. The topological polar surface area (TPSA) is 36.5 Å². The lowest BCUT2D eigenvalue weighted by Gasteiger charge is -2.34. The molecule has 0 aromatic carbocycles. The summed E-state index contributed by atoms with van der Waals surface area (Å²) >= 11 is 11.2. The molecule has 1 aliphatic rings. The Morgan fingerprint density at radius 1 is 1.29 bits per heavy atom. The van der Waals surface area contributed by atoms with Crippen LogP contribution in [0.2, 0.25) is 0 Å². The summed E-state index contributed by atoms with van der Waals surface area (Å²) in [6, 6.07) is 0. The van der Waals surface area contributed by atoms with E-state index in [4.69, 9.17) is 27.7 Å². The minimum absolute atomic E-state index is 0.603. The first-order chi connectivity index (χ1) is 6.88. The summed E-state index contributed by atoms with van der Waals surface area (Å²) in [4.78, 5) is 0. The van der Waals surface area contributed by atoms with Crippen LogP contribution in [0.1, 0.15) is 6.42 Å². The zero-order valence-corrected chi connectivity index (χ0v) is 10.4. The maximum absolute atomic E-state index is 5.61. The van der Waals surface area contributed by atoms with Crippen LogP contribution < -0.4 is 10.5 Å². The van der Waals surface area contributed by atoms with Crippen LogP contribution in [0.3, 0.4) is 0 Å². The molecular formula is C7H16Cl2N3OP. The van der Waals surface area contributed by atoms with Crippen molar-refractivity contribution in [1.82, 2.24) is 15.3 Å². The molecular weight excluding hydrogens is 244 g/mol. The van der Waals surface area contributed by atoms with Crippen LogP contribution >= 0.6 is 31.7 Å². The number of nitrogens with one attached hydrogen (secondary N) is 2. The predicted octanol–water partition coefficient (Wildman–Crippen LogP) is 1.51. The second-order valence-corrected chi connectivity index (χ2v) is 5.14. The Labute approximate surface area is 96.2 Å². The number of hydrogen-bond acceptors (Lipinski definition) is 4. The van der Waals surface area contributed by atoms with E-state index in [1.807, 2.05) is 0 Å². The van der Waals surface area contributed by atoms with E-state index in [2.05, 4.69) is 15.3 Å². The van der Waals surface area contributed by atoms with Gasteiger partial charge in [-0.2, -0.15) is 4.78 Å². The molecule has 0 spiro atoms. The van der Waals surface area contributed by atoms with Crippen molar-refractivity contribution >= 4 is 31.7 Å². The Hall–Kier alpha value is 0.850. The van der Waals surface area contributed by atoms with Crippen molar-refractivity contribution in [2.45, 2.75) is 6.42 Å². The van der Waals surface area contributed by atoms with Crippen LogP contribution in [-0.4, -0.2) is 42.8 Å². The monoisotopic (exact) mass is 259 g/mol. The molecule has 2 N–H and O–H groups in total. The van der Waals surface area contributed by atoms with Gasteiger partial charge in [0.25, 0.3) is 0 Å². The number of hydrogen-bond donors (Lipinski definition) is 2. The molecule has 4 nitrogen and oxygen atoms in total. The summed E-state index contributed by atoms with van der Waals surface area (Å²) in [5.74, 6) is 1.21. The fourth-order valence-electron chi connectivity index (χ4n) is 1.11. The van der Waals surface area contributed by atoms with Crippen molar-refractivity contribution in [3.8, 4) is 0 Å². The first-order valence-electron chi connectivity index (χ1n) is 4.68. The Bertz CT molecular complexity index is 139. The fourth-order valence-corrected chi connectivity index (χ4v) is 2.98. The number of rotatable bonds is 6. The second kappa shape index (κ2) is 8.05. The maximum Gasteiger partial charge on any atom is 0.199 e. The smallest absolute Gasteiger partial charge is 0.199 e. The molecule has 0 amide bonds. The third-order valence-electron chi connectivity index (χ3n) is 1.68. The van der Waals surface area contributed by atoms with Crippen LogP contribution in [0.4, 0.5) is 0 Å². The molecule has 14 heavy (non-hydrogen) atoms. The molecule has 0 aromatic heterocycles. The van der Waals surface area contributed by atoms with E-state index < -0.39 is 8.45 Å². The van der Waals surface area contributed by atoms with Crippen molar-refractivity contribution in [2.75, 3.05) is 38.0 Å². The molecule has 1 rings (SSSR count). The summed E-state index contributed by atoms with van der Waals surface area (Å²) in [7, 11) is -0.724. The van der Waals surface area contributed by atoms with Gasteiger partial charge in [0.1, 0.15) is 0 Å². The zero-order valence-electron chi connectivity index (χ0n) is 8.01. The van der Waals surface area contributed by atoms with E-state index in [9.17, 15) is 0 Å². The van der Waals surface area contributed by atoms with Crippen LogP contribution in [-0.2, 0) is 4.52 Å². The summed E-state index contributed by atoms with van der Waals surface area (Å²) in [5, 5.41) is 3.26. The molecule has 0 bridgehead atoms. The molecule has 1 atom stereocenters. The van der Waals surface area contributed by atoms with Gasteiger partial charge in [0.15, 0.2) is 8.45 Å². The third-order valence-corrected chi connectivity index (χ3v) is 3.76. The van der Waals surface area contributed by atoms with Crippen molar-refractivity contribution in [3.63, 3.8) is 0 Å².